The molecule has 0 radical (unpaired) electrons. The minimum absolute atomic E-state index is 0.859. The van der Waals surface area contributed by atoms with Gasteiger partial charge in [0.1, 0.15) is 0 Å². The highest BCUT2D eigenvalue weighted by Crippen LogP contribution is 2.19. The van der Waals surface area contributed by atoms with Crippen LogP contribution < -0.4 is 0 Å². The second-order valence-corrected chi connectivity index (χ2v) is 6.66. The van der Waals surface area contributed by atoms with Crippen molar-refractivity contribution in [2.45, 2.75) is 23.6 Å². The van der Waals surface area contributed by atoms with Gasteiger partial charge in [-0.3, -0.25) is 0 Å². The summed E-state index contributed by atoms with van der Waals surface area (Å²) in [6.07, 6.45) is 0. The summed E-state index contributed by atoms with van der Waals surface area (Å²) in [5.41, 5.74) is 2.61. The lowest BCUT2D eigenvalue weighted by molar-refractivity contribution is 1.36. The molecule has 0 atom stereocenters. The molecule has 0 fully saturated rings. The lowest BCUT2D eigenvalue weighted by atomic mass is 10.2. The van der Waals surface area contributed by atoms with Crippen molar-refractivity contribution in [1.82, 2.24) is 0 Å². The Bertz CT molecular complexity index is 567. The molecule has 20 heavy (non-hydrogen) atoms. The Hall–Kier alpha value is -1.30. The van der Waals surface area contributed by atoms with Crippen LogP contribution in [0.3, 0.4) is 0 Å². The molecule has 0 heterocycles. The van der Waals surface area contributed by atoms with Crippen LogP contribution >= 0.6 is 23.5 Å². The van der Waals surface area contributed by atoms with Gasteiger partial charge in [-0.05, 0) is 38.1 Å². The van der Waals surface area contributed by atoms with Crippen molar-refractivity contribution >= 4 is 23.5 Å². The largest absolute Gasteiger partial charge is 0.113 e. The van der Waals surface area contributed by atoms with Gasteiger partial charge in [0.2, 0.25) is 0 Å². The van der Waals surface area contributed by atoms with Crippen molar-refractivity contribution < 1.29 is 0 Å². The molecule has 0 amide bonds. The van der Waals surface area contributed by atoms with Gasteiger partial charge in [-0.15, -0.1) is 23.5 Å². The third-order valence-corrected chi connectivity index (χ3v) is 4.48. The van der Waals surface area contributed by atoms with Crippen molar-refractivity contribution in [3.8, 4) is 11.8 Å². The van der Waals surface area contributed by atoms with Crippen LogP contribution in [0.25, 0.3) is 0 Å². The summed E-state index contributed by atoms with van der Waals surface area (Å²) in [5, 5.41) is 0. The number of rotatable bonds is 4. The quantitative estimate of drug-likeness (QED) is 0.562. The Morgan fingerprint density at radius 2 is 1.20 bits per heavy atom. The summed E-state index contributed by atoms with van der Waals surface area (Å²) in [5.74, 6) is 8.18. The molecule has 0 saturated heterocycles. The van der Waals surface area contributed by atoms with Gasteiger partial charge in [0.25, 0.3) is 0 Å². The highest BCUT2D eigenvalue weighted by molar-refractivity contribution is 7.99. The Balaban J connectivity index is 1.73. The maximum Gasteiger partial charge on any atom is 0.0595 e. The first-order chi connectivity index (χ1) is 9.74. The molecule has 0 aliphatic heterocycles. The fourth-order valence-corrected chi connectivity index (χ4v) is 3.32. The van der Waals surface area contributed by atoms with Gasteiger partial charge in [-0.2, -0.15) is 0 Å². The summed E-state index contributed by atoms with van der Waals surface area (Å²) in [7, 11) is 0. The van der Waals surface area contributed by atoms with E-state index in [1.54, 1.807) is 23.5 Å². The zero-order valence-electron chi connectivity index (χ0n) is 11.8. The van der Waals surface area contributed by atoms with E-state index in [4.69, 9.17) is 0 Å². The van der Waals surface area contributed by atoms with Crippen molar-refractivity contribution in [3.05, 3.63) is 59.7 Å². The minimum Gasteiger partial charge on any atom is -0.113 e. The number of benzene rings is 2. The normalized spacial score (nSPS) is 9.90. The van der Waals surface area contributed by atoms with Crippen molar-refractivity contribution in [2.75, 3.05) is 11.5 Å². The van der Waals surface area contributed by atoms with Gasteiger partial charge in [0.15, 0.2) is 0 Å². The zero-order valence-corrected chi connectivity index (χ0v) is 13.5. The number of thioether (sulfide) groups is 2. The van der Waals surface area contributed by atoms with E-state index in [1.165, 1.54) is 20.9 Å². The predicted molar refractivity (Wildman–Crippen MR) is 91.6 cm³/mol. The Kier molecular flexibility index (Phi) is 6.11. The fourth-order valence-electron chi connectivity index (χ4n) is 1.75. The van der Waals surface area contributed by atoms with Crippen molar-refractivity contribution in [2.24, 2.45) is 0 Å². The van der Waals surface area contributed by atoms with Crippen LogP contribution in [0.15, 0.2) is 58.3 Å². The highest BCUT2D eigenvalue weighted by Gasteiger charge is 1.93. The average molecular weight is 298 g/mol. The molecule has 0 aromatic heterocycles. The van der Waals surface area contributed by atoms with Gasteiger partial charge < -0.3 is 0 Å². The first kappa shape index (κ1) is 15.1. The molecule has 2 rings (SSSR count). The molecule has 0 N–H and O–H groups in total. The summed E-state index contributed by atoms with van der Waals surface area (Å²) >= 11 is 3.60. The Morgan fingerprint density at radius 1 is 0.750 bits per heavy atom. The van der Waals surface area contributed by atoms with Gasteiger partial charge in [0, 0.05) is 9.79 Å². The van der Waals surface area contributed by atoms with E-state index in [2.05, 4.69) is 74.2 Å². The Morgan fingerprint density at radius 3 is 1.60 bits per heavy atom. The Labute approximate surface area is 130 Å². The van der Waals surface area contributed by atoms with Crippen LogP contribution in [-0.4, -0.2) is 11.5 Å². The predicted octanol–water partition coefficient (Wildman–Crippen LogP) is 5.19. The third-order valence-electron chi connectivity index (χ3n) is 2.73. The molecule has 0 bridgehead atoms. The molecule has 2 heteroatoms. The SMILES string of the molecule is Cc1cccc(SCC#CCSc2cccc(C)c2)c1. The van der Waals surface area contributed by atoms with Crippen LogP contribution in [0.1, 0.15) is 11.1 Å². The molecule has 102 valence electrons. The molecule has 0 spiro atoms. The summed E-state index contributed by atoms with van der Waals surface area (Å²) in [6, 6.07) is 17.1. The summed E-state index contributed by atoms with van der Waals surface area (Å²) in [6.45, 7) is 4.24. The molecular weight excluding hydrogens is 280 g/mol. The lowest BCUT2D eigenvalue weighted by Gasteiger charge is -1.99. The third kappa shape index (κ3) is 5.36. The van der Waals surface area contributed by atoms with E-state index >= 15 is 0 Å². The fraction of sp³-hybridized carbons (Fsp3) is 0.222. The van der Waals surface area contributed by atoms with Crippen molar-refractivity contribution in [1.29, 1.82) is 0 Å². The molecule has 0 aliphatic rings. The lowest BCUT2D eigenvalue weighted by Crippen LogP contribution is -1.79. The topological polar surface area (TPSA) is 0 Å². The van der Waals surface area contributed by atoms with Crippen LogP contribution in [0.5, 0.6) is 0 Å². The zero-order chi connectivity index (χ0) is 14.2. The van der Waals surface area contributed by atoms with Crippen LogP contribution in [-0.2, 0) is 0 Å². The van der Waals surface area contributed by atoms with Gasteiger partial charge in [0.05, 0.1) is 11.5 Å². The number of hydrogen-bond acceptors (Lipinski definition) is 2. The first-order valence-corrected chi connectivity index (χ1v) is 8.56. The van der Waals surface area contributed by atoms with Gasteiger partial charge >= 0.3 is 0 Å². The van der Waals surface area contributed by atoms with Crippen LogP contribution in [0.2, 0.25) is 0 Å². The number of aryl methyl sites for hydroxylation is 2. The molecule has 0 aliphatic carbocycles. The monoisotopic (exact) mass is 298 g/mol. The smallest absolute Gasteiger partial charge is 0.0595 e. The standard InChI is InChI=1S/C18H18S2/c1-15-7-5-9-17(13-15)19-11-3-4-12-20-18-10-6-8-16(2)14-18/h5-10,13-14H,11-12H2,1-2H3. The molecule has 2 aromatic carbocycles. The maximum absolute atomic E-state index is 3.23. The highest BCUT2D eigenvalue weighted by atomic mass is 32.2. The average Bonchev–Trinajstić information content (AvgIpc) is 2.43. The van der Waals surface area contributed by atoms with Crippen molar-refractivity contribution in [3.63, 3.8) is 0 Å². The first-order valence-electron chi connectivity index (χ1n) is 6.59. The minimum atomic E-state index is 0.859. The van der Waals surface area contributed by atoms with E-state index in [0.717, 1.165) is 11.5 Å². The second kappa shape index (κ2) is 8.09. The van der Waals surface area contributed by atoms with Gasteiger partial charge in [-0.25, -0.2) is 0 Å². The molecule has 0 nitrogen and oxygen atoms in total. The van der Waals surface area contributed by atoms with E-state index in [-0.39, 0.29) is 0 Å². The summed E-state index contributed by atoms with van der Waals surface area (Å²) in [4.78, 5) is 2.59. The second-order valence-electron chi connectivity index (χ2n) is 4.56. The van der Waals surface area contributed by atoms with Crippen LogP contribution in [0.4, 0.5) is 0 Å². The number of hydrogen-bond donors (Lipinski definition) is 0. The summed E-state index contributed by atoms with van der Waals surface area (Å²) < 4.78 is 0. The molecule has 2 aromatic rings. The van der Waals surface area contributed by atoms with E-state index in [1.807, 2.05) is 0 Å². The maximum atomic E-state index is 3.23. The van der Waals surface area contributed by atoms with E-state index < -0.39 is 0 Å². The molecule has 0 unspecified atom stereocenters. The van der Waals surface area contributed by atoms with E-state index in [9.17, 15) is 0 Å². The molecular formula is C18H18S2. The van der Waals surface area contributed by atoms with Crippen LogP contribution in [0, 0.1) is 25.7 Å². The van der Waals surface area contributed by atoms with E-state index in [0.29, 0.717) is 0 Å². The molecule has 0 saturated carbocycles. The van der Waals surface area contributed by atoms with Gasteiger partial charge in [-0.1, -0.05) is 47.2 Å².